The molecule has 22 heavy (non-hydrogen) atoms. The van der Waals surface area contributed by atoms with Crippen LogP contribution in [0.4, 0.5) is 5.69 Å². The molecule has 0 unspecified atom stereocenters. The van der Waals surface area contributed by atoms with Crippen LogP contribution in [0, 0.1) is 6.92 Å². The third kappa shape index (κ3) is 2.93. The van der Waals surface area contributed by atoms with E-state index < -0.39 is 0 Å². The highest BCUT2D eigenvalue weighted by molar-refractivity contribution is 5.76. The van der Waals surface area contributed by atoms with Crippen molar-refractivity contribution in [3.63, 3.8) is 0 Å². The van der Waals surface area contributed by atoms with Crippen molar-refractivity contribution in [3.8, 4) is 16.9 Å². The summed E-state index contributed by atoms with van der Waals surface area (Å²) in [5, 5.41) is 0. The molecule has 0 amide bonds. The van der Waals surface area contributed by atoms with Crippen molar-refractivity contribution in [2.75, 3.05) is 5.73 Å². The minimum absolute atomic E-state index is 0.534. The van der Waals surface area contributed by atoms with Crippen molar-refractivity contribution >= 4 is 5.69 Å². The number of ether oxygens (including phenoxy) is 1. The Morgan fingerprint density at radius 2 is 1.64 bits per heavy atom. The second-order valence-corrected chi connectivity index (χ2v) is 5.17. The summed E-state index contributed by atoms with van der Waals surface area (Å²) < 4.78 is 6.00. The standard InChI is InChI=1S/C19H18N2O/c1-14-17(11-21-12-18(14)20)16-9-5-6-10-19(16)22-13-15-7-3-2-4-8-15/h2-12H,13,20H2,1H3. The van der Waals surface area contributed by atoms with Gasteiger partial charge in [0, 0.05) is 17.3 Å². The summed E-state index contributed by atoms with van der Waals surface area (Å²) in [6.07, 6.45) is 3.50. The van der Waals surface area contributed by atoms with Gasteiger partial charge in [0.2, 0.25) is 0 Å². The minimum Gasteiger partial charge on any atom is -0.488 e. The summed E-state index contributed by atoms with van der Waals surface area (Å²) in [5.74, 6) is 0.835. The number of nitrogens with zero attached hydrogens (tertiary/aromatic N) is 1. The molecule has 0 atom stereocenters. The zero-order chi connectivity index (χ0) is 15.4. The number of nitrogens with two attached hydrogens (primary N) is 1. The van der Waals surface area contributed by atoms with Gasteiger partial charge in [-0.2, -0.15) is 0 Å². The lowest BCUT2D eigenvalue weighted by molar-refractivity contribution is 0.307. The van der Waals surface area contributed by atoms with Gasteiger partial charge in [-0.1, -0.05) is 48.5 Å². The third-order valence-electron chi connectivity index (χ3n) is 3.67. The summed E-state index contributed by atoms with van der Waals surface area (Å²) in [5.41, 5.74) is 10.8. The van der Waals surface area contributed by atoms with Crippen LogP contribution in [0.25, 0.3) is 11.1 Å². The van der Waals surface area contributed by atoms with E-state index in [0.717, 1.165) is 28.0 Å². The fourth-order valence-corrected chi connectivity index (χ4v) is 2.36. The number of hydrogen-bond donors (Lipinski definition) is 1. The molecule has 3 heteroatoms. The van der Waals surface area contributed by atoms with E-state index in [-0.39, 0.29) is 0 Å². The van der Waals surface area contributed by atoms with Crippen LogP contribution in [0.15, 0.2) is 67.0 Å². The van der Waals surface area contributed by atoms with Gasteiger partial charge < -0.3 is 10.5 Å². The van der Waals surface area contributed by atoms with E-state index in [2.05, 4.69) is 17.1 Å². The van der Waals surface area contributed by atoms with E-state index in [0.29, 0.717) is 12.3 Å². The fourth-order valence-electron chi connectivity index (χ4n) is 2.36. The molecule has 0 aliphatic heterocycles. The second-order valence-electron chi connectivity index (χ2n) is 5.17. The lowest BCUT2D eigenvalue weighted by Crippen LogP contribution is -1.99. The third-order valence-corrected chi connectivity index (χ3v) is 3.67. The Kier molecular flexibility index (Phi) is 4.05. The summed E-state index contributed by atoms with van der Waals surface area (Å²) in [4.78, 5) is 4.20. The van der Waals surface area contributed by atoms with E-state index in [4.69, 9.17) is 10.5 Å². The smallest absolute Gasteiger partial charge is 0.127 e. The van der Waals surface area contributed by atoms with Crippen molar-refractivity contribution in [1.82, 2.24) is 4.98 Å². The molecule has 2 aromatic carbocycles. The molecule has 2 N–H and O–H groups in total. The first-order chi connectivity index (χ1) is 10.8. The molecule has 0 bridgehead atoms. The van der Waals surface area contributed by atoms with Gasteiger partial charge in [0.05, 0.1) is 11.9 Å². The molecular weight excluding hydrogens is 272 g/mol. The summed E-state index contributed by atoms with van der Waals surface area (Å²) in [7, 11) is 0. The molecule has 3 nitrogen and oxygen atoms in total. The molecule has 1 aromatic heterocycles. The number of para-hydroxylation sites is 1. The topological polar surface area (TPSA) is 48.1 Å². The summed E-state index contributed by atoms with van der Waals surface area (Å²) in [6, 6.07) is 18.1. The number of aromatic nitrogens is 1. The highest BCUT2D eigenvalue weighted by atomic mass is 16.5. The lowest BCUT2D eigenvalue weighted by atomic mass is 10.0. The first-order valence-electron chi connectivity index (χ1n) is 7.22. The van der Waals surface area contributed by atoms with Crippen molar-refractivity contribution in [1.29, 1.82) is 0 Å². The van der Waals surface area contributed by atoms with Gasteiger partial charge in [0.15, 0.2) is 0 Å². The van der Waals surface area contributed by atoms with Crippen LogP contribution in [0.2, 0.25) is 0 Å². The van der Waals surface area contributed by atoms with Crippen LogP contribution >= 0.6 is 0 Å². The van der Waals surface area contributed by atoms with Gasteiger partial charge in [-0.3, -0.25) is 4.98 Å². The fraction of sp³-hybridized carbons (Fsp3) is 0.105. The summed E-state index contributed by atoms with van der Waals surface area (Å²) in [6.45, 7) is 2.53. The molecule has 0 spiro atoms. The SMILES string of the molecule is Cc1c(N)cncc1-c1ccccc1OCc1ccccc1. The van der Waals surface area contributed by atoms with Gasteiger partial charge >= 0.3 is 0 Å². The van der Waals surface area contributed by atoms with Crippen LogP contribution in [0.3, 0.4) is 0 Å². The van der Waals surface area contributed by atoms with Crippen LogP contribution < -0.4 is 10.5 Å². The molecule has 0 aliphatic carbocycles. The number of rotatable bonds is 4. The maximum atomic E-state index is 6.00. The van der Waals surface area contributed by atoms with Crippen molar-refractivity contribution in [3.05, 3.63) is 78.1 Å². The Balaban J connectivity index is 1.92. The van der Waals surface area contributed by atoms with Crippen molar-refractivity contribution in [2.45, 2.75) is 13.5 Å². The Morgan fingerprint density at radius 1 is 0.909 bits per heavy atom. The first kappa shape index (κ1) is 14.1. The maximum Gasteiger partial charge on any atom is 0.127 e. The molecular formula is C19H18N2O. The van der Waals surface area contributed by atoms with Crippen LogP contribution in [0.5, 0.6) is 5.75 Å². The quantitative estimate of drug-likeness (QED) is 0.782. The Morgan fingerprint density at radius 3 is 2.45 bits per heavy atom. The van der Waals surface area contributed by atoms with Gasteiger partial charge in [-0.15, -0.1) is 0 Å². The van der Waals surface area contributed by atoms with Gasteiger partial charge in [0.25, 0.3) is 0 Å². The number of pyridine rings is 1. The number of anilines is 1. The lowest BCUT2D eigenvalue weighted by Gasteiger charge is -2.14. The van der Waals surface area contributed by atoms with Crippen molar-refractivity contribution < 1.29 is 4.74 Å². The largest absolute Gasteiger partial charge is 0.488 e. The zero-order valence-electron chi connectivity index (χ0n) is 12.5. The van der Waals surface area contributed by atoms with Gasteiger partial charge in [-0.25, -0.2) is 0 Å². The van der Waals surface area contributed by atoms with Gasteiger partial charge in [-0.05, 0) is 24.1 Å². The molecule has 1 heterocycles. The van der Waals surface area contributed by atoms with E-state index in [9.17, 15) is 0 Å². The Labute approximate surface area is 130 Å². The number of benzene rings is 2. The Bertz CT molecular complexity index is 769. The molecule has 0 fully saturated rings. The highest BCUT2D eigenvalue weighted by Crippen LogP contribution is 2.33. The molecule has 3 aromatic rings. The monoisotopic (exact) mass is 290 g/mol. The normalized spacial score (nSPS) is 10.4. The second kappa shape index (κ2) is 6.31. The molecule has 0 saturated carbocycles. The van der Waals surface area contributed by atoms with E-state index >= 15 is 0 Å². The van der Waals surface area contributed by atoms with E-state index in [1.807, 2.05) is 55.6 Å². The van der Waals surface area contributed by atoms with Crippen LogP contribution in [0.1, 0.15) is 11.1 Å². The predicted molar refractivity (Wildman–Crippen MR) is 89.6 cm³/mol. The zero-order valence-corrected chi connectivity index (χ0v) is 12.5. The summed E-state index contributed by atoms with van der Waals surface area (Å²) >= 11 is 0. The molecule has 110 valence electrons. The average molecular weight is 290 g/mol. The van der Waals surface area contributed by atoms with E-state index in [1.165, 1.54) is 0 Å². The molecule has 3 rings (SSSR count). The minimum atomic E-state index is 0.534. The van der Waals surface area contributed by atoms with Gasteiger partial charge in [0.1, 0.15) is 12.4 Å². The van der Waals surface area contributed by atoms with Crippen molar-refractivity contribution in [2.24, 2.45) is 0 Å². The number of hydrogen-bond acceptors (Lipinski definition) is 3. The predicted octanol–water partition coefficient (Wildman–Crippen LogP) is 4.22. The molecule has 0 radical (unpaired) electrons. The number of nitrogen functional groups attached to an aromatic ring is 1. The van der Waals surface area contributed by atoms with E-state index in [1.54, 1.807) is 6.20 Å². The van der Waals surface area contributed by atoms with Crippen LogP contribution in [-0.4, -0.2) is 4.98 Å². The van der Waals surface area contributed by atoms with Crippen LogP contribution in [-0.2, 0) is 6.61 Å². The highest BCUT2D eigenvalue weighted by Gasteiger charge is 2.10. The average Bonchev–Trinajstić information content (AvgIpc) is 2.57. The molecule has 0 aliphatic rings. The molecule has 0 saturated heterocycles. The maximum absolute atomic E-state index is 6.00. The Hall–Kier alpha value is -2.81. The first-order valence-corrected chi connectivity index (χ1v) is 7.22.